The Balaban J connectivity index is 2.55. The van der Waals surface area contributed by atoms with Crippen LogP contribution >= 0.6 is 11.3 Å². The quantitative estimate of drug-likeness (QED) is 0.778. The van der Waals surface area contributed by atoms with Crippen molar-refractivity contribution in [3.8, 4) is 10.6 Å². The average molecular weight is 260 g/mol. The van der Waals surface area contributed by atoms with Gasteiger partial charge in [0.25, 0.3) is 0 Å². The van der Waals surface area contributed by atoms with Crippen molar-refractivity contribution in [3.63, 3.8) is 0 Å². The van der Waals surface area contributed by atoms with Gasteiger partial charge in [0, 0.05) is 13.2 Å². The normalized spacial score (nSPS) is 11.8. The smallest absolute Gasteiger partial charge is 0.297 e. The van der Waals surface area contributed by atoms with E-state index in [-0.39, 0.29) is 5.69 Å². The molecule has 0 atom stereocenters. The highest BCUT2D eigenvalue weighted by atomic mass is 32.1. The van der Waals surface area contributed by atoms with Crippen LogP contribution < -0.4 is 0 Å². The number of thiophene rings is 1. The Morgan fingerprint density at radius 3 is 2.65 bits per heavy atom. The molecule has 0 aliphatic heterocycles. The molecule has 0 unspecified atom stereocenters. The lowest BCUT2D eigenvalue weighted by molar-refractivity contribution is -0.137. The van der Waals surface area contributed by atoms with Gasteiger partial charge >= 0.3 is 6.18 Å². The van der Waals surface area contributed by atoms with Crippen molar-refractivity contribution in [1.82, 2.24) is 9.78 Å². The van der Waals surface area contributed by atoms with E-state index in [0.717, 1.165) is 22.2 Å². The zero-order valence-corrected chi connectivity index (χ0v) is 9.47. The molecular weight excluding hydrogens is 253 g/mol. The summed E-state index contributed by atoms with van der Waals surface area (Å²) in [6.45, 7) is 0. The fourth-order valence-corrected chi connectivity index (χ4v) is 2.24. The summed E-state index contributed by atoms with van der Waals surface area (Å²) in [5.41, 5.74) is -0.933. The van der Waals surface area contributed by atoms with Crippen LogP contribution in [0.1, 0.15) is 15.2 Å². The van der Waals surface area contributed by atoms with E-state index in [0.29, 0.717) is 16.0 Å². The predicted molar refractivity (Wildman–Crippen MR) is 56.9 cm³/mol. The lowest BCUT2D eigenvalue weighted by Crippen LogP contribution is -2.04. The topological polar surface area (TPSA) is 34.9 Å². The molecule has 17 heavy (non-hydrogen) atoms. The van der Waals surface area contributed by atoms with E-state index in [4.69, 9.17) is 0 Å². The summed E-state index contributed by atoms with van der Waals surface area (Å²) in [6.07, 6.45) is -2.92. The Kier molecular flexibility index (Phi) is 2.78. The van der Waals surface area contributed by atoms with E-state index in [2.05, 4.69) is 5.10 Å². The number of aryl methyl sites for hydroxylation is 1. The van der Waals surface area contributed by atoms with Crippen molar-refractivity contribution in [3.05, 3.63) is 28.8 Å². The van der Waals surface area contributed by atoms with E-state index in [9.17, 15) is 18.0 Å². The summed E-state index contributed by atoms with van der Waals surface area (Å²) < 4.78 is 39.3. The van der Waals surface area contributed by atoms with Gasteiger partial charge in [-0.1, -0.05) is 0 Å². The summed E-state index contributed by atoms with van der Waals surface area (Å²) in [5.74, 6) is 0. The van der Waals surface area contributed by atoms with E-state index in [1.807, 2.05) is 0 Å². The number of nitrogens with zero attached hydrogens (tertiary/aromatic N) is 2. The average Bonchev–Trinajstić information content (AvgIpc) is 2.81. The second kappa shape index (κ2) is 3.99. The summed E-state index contributed by atoms with van der Waals surface area (Å²) in [7, 11) is 1.42. The van der Waals surface area contributed by atoms with E-state index >= 15 is 0 Å². The van der Waals surface area contributed by atoms with Crippen LogP contribution in [0.5, 0.6) is 0 Å². The summed E-state index contributed by atoms with van der Waals surface area (Å²) in [6, 6.07) is 2.94. The van der Waals surface area contributed by atoms with Gasteiger partial charge in [0.05, 0.1) is 9.75 Å². The molecule has 0 aliphatic rings. The number of aromatic nitrogens is 2. The highest BCUT2D eigenvalue weighted by molar-refractivity contribution is 7.17. The molecule has 3 nitrogen and oxygen atoms in total. The van der Waals surface area contributed by atoms with E-state index in [1.54, 1.807) is 0 Å². The Bertz CT molecular complexity index is 556. The summed E-state index contributed by atoms with van der Waals surface area (Å²) in [5, 5.41) is 3.79. The number of halogens is 3. The third kappa shape index (κ3) is 2.23. The molecule has 0 radical (unpaired) electrons. The van der Waals surface area contributed by atoms with Crippen molar-refractivity contribution < 1.29 is 18.0 Å². The van der Waals surface area contributed by atoms with Crippen LogP contribution in [0, 0.1) is 0 Å². The van der Waals surface area contributed by atoms with Crippen LogP contribution in [0.25, 0.3) is 10.6 Å². The monoisotopic (exact) mass is 260 g/mol. The lowest BCUT2D eigenvalue weighted by atomic mass is 10.2. The van der Waals surface area contributed by atoms with Gasteiger partial charge in [-0.15, -0.1) is 11.3 Å². The Hall–Kier alpha value is -1.63. The van der Waals surface area contributed by atoms with Crippen molar-refractivity contribution in [2.45, 2.75) is 6.18 Å². The maximum absolute atomic E-state index is 12.7. The van der Waals surface area contributed by atoms with Crippen LogP contribution in [0.4, 0.5) is 13.2 Å². The Labute approximate surface area is 98.5 Å². The molecule has 2 heterocycles. The van der Waals surface area contributed by atoms with Crippen molar-refractivity contribution in [1.29, 1.82) is 0 Å². The number of carbonyl (C=O) groups excluding carboxylic acids is 1. The number of aldehydes is 1. The van der Waals surface area contributed by atoms with Gasteiger partial charge in [-0.05, 0) is 12.1 Å². The maximum atomic E-state index is 12.7. The first-order chi connectivity index (χ1) is 7.91. The minimum atomic E-state index is -4.45. The Morgan fingerprint density at radius 1 is 1.41 bits per heavy atom. The molecule has 0 aliphatic carbocycles. The first-order valence-corrected chi connectivity index (χ1v) is 5.39. The van der Waals surface area contributed by atoms with Crippen LogP contribution in [0.2, 0.25) is 0 Å². The van der Waals surface area contributed by atoms with Crippen LogP contribution in [0.3, 0.4) is 0 Å². The van der Waals surface area contributed by atoms with Crippen LogP contribution in [-0.2, 0) is 13.2 Å². The van der Waals surface area contributed by atoms with Gasteiger partial charge in [0.2, 0.25) is 0 Å². The molecule has 0 saturated heterocycles. The minimum absolute atomic E-state index is 0.141. The maximum Gasteiger partial charge on any atom is 0.420 e. The molecule has 0 N–H and O–H groups in total. The molecule has 0 amide bonds. The van der Waals surface area contributed by atoms with Gasteiger partial charge in [-0.2, -0.15) is 18.3 Å². The predicted octanol–water partition coefficient (Wildman–Crippen LogP) is 2.98. The molecule has 0 fully saturated rings. The van der Waals surface area contributed by atoms with Crippen molar-refractivity contribution in [2.24, 2.45) is 7.05 Å². The molecule has 7 heteroatoms. The van der Waals surface area contributed by atoms with E-state index < -0.39 is 11.7 Å². The summed E-state index contributed by atoms with van der Waals surface area (Å²) in [4.78, 5) is 11.2. The molecule has 2 aromatic heterocycles. The fraction of sp³-hybridized carbons (Fsp3) is 0.200. The molecule has 90 valence electrons. The standard InChI is InChI=1S/C10H7F3N2OS/c1-15-4-7(10(11,12)13)9(14-15)8-3-2-6(5-16)17-8/h2-5H,1H3. The van der Waals surface area contributed by atoms with Gasteiger partial charge in [-0.25, -0.2) is 0 Å². The molecule has 0 spiro atoms. The van der Waals surface area contributed by atoms with Gasteiger partial charge < -0.3 is 0 Å². The van der Waals surface area contributed by atoms with Gasteiger partial charge in [0.15, 0.2) is 6.29 Å². The highest BCUT2D eigenvalue weighted by Gasteiger charge is 2.36. The van der Waals surface area contributed by atoms with Crippen LogP contribution in [-0.4, -0.2) is 16.1 Å². The molecule has 0 bridgehead atoms. The molecule has 0 aromatic carbocycles. The number of carbonyl (C=O) groups is 1. The van der Waals surface area contributed by atoms with E-state index in [1.165, 1.54) is 19.2 Å². The first kappa shape index (κ1) is 11.8. The molecule has 0 saturated carbocycles. The zero-order valence-electron chi connectivity index (χ0n) is 8.65. The first-order valence-electron chi connectivity index (χ1n) is 4.58. The second-order valence-electron chi connectivity index (χ2n) is 3.38. The van der Waals surface area contributed by atoms with Gasteiger partial charge in [0.1, 0.15) is 11.3 Å². The van der Waals surface area contributed by atoms with Crippen molar-refractivity contribution >= 4 is 17.6 Å². The largest absolute Gasteiger partial charge is 0.420 e. The van der Waals surface area contributed by atoms with Gasteiger partial charge in [-0.3, -0.25) is 9.48 Å². The number of rotatable bonds is 2. The molecular formula is C10H7F3N2OS. The zero-order chi connectivity index (χ0) is 12.6. The SMILES string of the molecule is Cn1cc(C(F)(F)F)c(-c2ccc(C=O)s2)n1. The summed E-state index contributed by atoms with van der Waals surface area (Å²) >= 11 is 0.986. The number of alkyl halides is 3. The fourth-order valence-electron chi connectivity index (χ4n) is 1.42. The third-order valence-electron chi connectivity index (χ3n) is 2.11. The molecule has 2 rings (SSSR count). The Morgan fingerprint density at radius 2 is 2.12 bits per heavy atom. The lowest BCUT2D eigenvalue weighted by Gasteiger charge is -2.04. The number of hydrogen-bond acceptors (Lipinski definition) is 3. The number of hydrogen-bond donors (Lipinski definition) is 0. The van der Waals surface area contributed by atoms with Crippen LogP contribution in [0.15, 0.2) is 18.3 Å². The van der Waals surface area contributed by atoms with Crippen molar-refractivity contribution in [2.75, 3.05) is 0 Å². The highest BCUT2D eigenvalue weighted by Crippen LogP contribution is 2.38. The third-order valence-corrected chi connectivity index (χ3v) is 3.13. The second-order valence-corrected chi connectivity index (χ2v) is 4.50. The minimum Gasteiger partial charge on any atom is -0.297 e. The molecule has 2 aromatic rings.